The Labute approximate surface area is 127 Å². The average molecular weight is 363 g/mol. The van der Waals surface area contributed by atoms with Gasteiger partial charge < -0.3 is 5.11 Å². The van der Waals surface area contributed by atoms with E-state index in [9.17, 15) is 22.7 Å². The summed E-state index contributed by atoms with van der Waals surface area (Å²) in [5.41, 5.74) is 0.282. The number of alkyl halides is 3. The van der Waals surface area contributed by atoms with Crippen molar-refractivity contribution < 1.29 is 22.7 Å². The molecule has 0 heterocycles. The smallest absolute Gasteiger partial charge is 0.388 e. The zero-order chi connectivity index (χ0) is 15.6. The molecule has 2 rings (SSSR count). The molecule has 0 spiro atoms. The normalized spacial score (nSPS) is 13.2. The van der Waals surface area contributed by atoms with Gasteiger partial charge in [0.25, 0.3) is 0 Å². The zero-order valence-corrected chi connectivity index (χ0v) is 12.2. The van der Waals surface area contributed by atoms with Gasteiger partial charge in [-0.15, -0.1) is 0 Å². The molecule has 1 unspecified atom stereocenters. The number of aliphatic hydroxyl groups excluding tert-OH is 1. The second-order valence-corrected chi connectivity index (χ2v) is 5.43. The van der Waals surface area contributed by atoms with Crippen LogP contribution in [0.25, 0.3) is 0 Å². The lowest BCUT2D eigenvalue weighted by Crippen LogP contribution is -2.07. The van der Waals surface area contributed by atoms with Gasteiger partial charge in [-0.05, 0) is 35.4 Å². The fourth-order valence-corrected chi connectivity index (χ4v) is 2.42. The molecule has 112 valence electrons. The van der Waals surface area contributed by atoms with Crippen molar-refractivity contribution in [2.24, 2.45) is 0 Å². The molecule has 21 heavy (non-hydrogen) atoms. The molecule has 0 saturated heterocycles. The van der Waals surface area contributed by atoms with E-state index in [1.54, 1.807) is 0 Å². The Hall–Kier alpha value is -1.40. The van der Waals surface area contributed by atoms with E-state index in [1.165, 1.54) is 30.3 Å². The summed E-state index contributed by atoms with van der Waals surface area (Å²) >= 11 is 3.19. The maximum Gasteiger partial charge on any atom is 0.416 e. The highest BCUT2D eigenvalue weighted by atomic mass is 79.9. The molecule has 0 saturated carbocycles. The fourth-order valence-electron chi connectivity index (χ4n) is 1.91. The molecule has 0 radical (unpaired) electrons. The van der Waals surface area contributed by atoms with Gasteiger partial charge in [0, 0.05) is 10.9 Å². The number of hydrogen-bond acceptors (Lipinski definition) is 1. The molecule has 0 amide bonds. The summed E-state index contributed by atoms with van der Waals surface area (Å²) in [6.45, 7) is 0. The van der Waals surface area contributed by atoms with Crippen LogP contribution in [0.1, 0.15) is 22.8 Å². The second kappa shape index (κ2) is 6.15. The Morgan fingerprint density at radius 2 is 1.67 bits per heavy atom. The molecule has 6 heteroatoms. The van der Waals surface area contributed by atoms with Crippen LogP contribution in [0.15, 0.2) is 46.9 Å². The van der Waals surface area contributed by atoms with Gasteiger partial charge in [-0.2, -0.15) is 13.2 Å². The van der Waals surface area contributed by atoms with Gasteiger partial charge in [-0.1, -0.05) is 34.1 Å². The summed E-state index contributed by atoms with van der Waals surface area (Å²) in [6.07, 6.45) is -5.19. The molecule has 0 aliphatic carbocycles. The van der Waals surface area contributed by atoms with Crippen molar-refractivity contribution in [2.45, 2.75) is 18.7 Å². The highest BCUT2D eigenvalue weighted by molar-refractivity contribution is 9.10. The van der Waals surface area contributed by atoms with Crippen LogP contribution in [0.5, 0.6) is 0 Å². The van der Waals surface area contributed by atoms with Crippen LogP contribution >= 0.6 is 15.9 Å². The lowest BCUT2D eigenvalue weighted by Gasteiger charge is -2.14. The topological polar surface area (TPSA) is 20.2 Å². The summed E-state index contributed by atoms with van der Waals surface area (Å²) in [5.74, 6) is -0.408. The van der Waals surface area contributed by atoms with Gasteiger partial charge in [-0.25, -0.2) is 4.39 Å². The minimum Gasteiger partial charge on any atom is -0.388 e. The van der Waals surface area contributed by atoms with Gasteiger partial charge in [-0.3, -0.25) is 0 Å². The van der Waals surface area contributed by atoms with Gasteiger partial charge in [0.15, 0.2) is 0 Å². The van der Waals surface area contributed by atoms with Crippen molar-refractivity contribution in [3.8, 4) is 0 Å². The maximum absolute atomic E-state index is 13.0. The molecule has 2 aromatic rings. The van der Waals surface area contributed by atoms with Crippen LogP contribution in [0.4, 0.5) is 17.6 Å². The van der Waals surface area contributed by atoms with E-state index >= 15 is 0 Å². The fraction of sp³-hybridized carbons (Fsp3) is 0.200. The largest absolute Gasteiger partial charge is 0.416 e. The highest BCUT2D eigenvalue weighted by Gasteiger charge is 2.30. The highest BCUT2D eigenvalue weighted by Crippen LogP contribution is 2.31. The molecule has 0 aromatic heterocycles. The van der Waals surface area contributed by atoms with Gasteiger partial charge in [0.05, 0.1) is 11.7 Å². The molecular weight excluding hydrogens is 352 g/mol. The predicted octanol–water partition coefficient (Wildman–Crippen LogP) is 4.88. The standard InChI is InChI=1S/C15H11BrF4O/c16-13-8-12(17)6-3-10(13)7-14(21)9-1-4-11(5-2-9)15(18,19)20/h1-6,8,14,21H,7H2. The summed E-state index contributed by atoms with van der Waals surface area (Å²) < 4.78 is 50.8. The van der Waals surface area contributed by atoms with Crippen molar-refractivity contribution in [1.29, 1.82) is 0 Å². The predicted molar refractivity (Wildman–Crippen MR) is 74.2 cm³/mol. The molecular formula is C15H11BrF4O. The SMILES string of the molecule is OC(Cc1ccc(F)cc1Br)c1ccc(C(F)(F)F)cc1. The number of aliphatic hydroxyl groups is 1. The Morgan fingerprint density at radius 1 is 1.05 bits per heavy atom. The number of benzene rings is 2. The molecule has 0 fully saturated rings. The third-order valence-corrected chi connectivity index (χ3v) is 3.79. The first-order chi connectivity index (χ1) is 9.77. The van der Waals surface area contributed by atoms with E-state index in [2.05, 4.69) is 15.9 Å². The van der Waals surface area contributed by atoms with Crippen molar-refractivity contribution in [3.63, 3.8) is 0 Å². The Kier molecular flexibility index (Phi) is 4.68. The quantitative estimate of drug-likeness (QED) is 0.771. The number of hydrogen-bond donors (Lipinski definition) is 1. The summed E-state index contributed by atoms with van der Waals surface area (Å²) in [4.78, 5) is 0. The number of halogens is 5. The first-order valence-electron chi connectivity index (χ1n) is 6.06. The summed E-state index contributed by atoms with van der Waals surface area (Å²) in [5, 5.41) is 10.1. The van der Waals surface area contributed by atoms with E-state index < -0.39 is 23.7 Å². The van der Waals surface area contributed by atoms with Crippen LogP contribution in [0.3, 0.4) is 0 Å². The van der Waals surface area contributed by atoms with Gasteiger partial charge in [0.2, 0.25) is 0 Å². The van der Waals surface area contributed by atoms with E-state index in [1.807, 2.05) is 0 Å². The summed E-state index contributed by atoms with van der Waals surface area (Å²) in [6, 6.07) is 8.40. The van der Waals surface area contributed by atoms with Crippen LogP contribution in [-0.4, -0.2) is 5.11 Å². The molecule has 0 aliphatic rings. The third-order valence-electron chi connectivity index (χ3n) is 3.05. The lowest BCUT2D eigenvalue weighted by molar-refractivity contribution is -0.137. The van der Waals surface area contributed by atoms with Crippen LogP contribution < -0.4 is 0 Å². The second-order valence-electron chi connectivity index (χ2n) is 4.58. The van der Waals surface area contributed by atoms with Gasteiger partial charge >= 0.3 is 6.18 Å². The van der Waals surface area contributed by atoms with Crippen LogP contribution in [0, 0.1) is 5.82 Å². The van der Waals surface area contributed by atoms with Crippen LogP contribution in [0.2, 0.25) is 0 Å². The van der Waals surface area contributed by atoms with Crippen molar-refractivity contribution >= 4 is 15.9 Å². The minimum atomic E-state index is -4.40. The number of rotatable bonds is 3. The van der Waals surface area contributed by atoms with E-state index in [0.717, 1.165) is 12.1 Å². The third kappa shape index (κ3) is 4.04. The molecule has 0 aliphatic heterocycles. The Bertz CT molecular complexity index is 623. The van der Waals surface area contributed by atoms with Crippen molar-refractivity contribution in [3.05, 3.63) is 69.4 Å². The van der Waals surface area contributed by atoms with Gasteiger partial charge in [0.1, 0.15) is 5.82 Å². The van der Waals surface area contributed by atoms with E-state index in [0.29, 0.717) is 15.6 Å². The maximum atomic E-state index is 13.0. The molecule has 2 aromatic carbocycles. The first-order valence-corrected chi connectivity index (χ1v) is 6.86. The van der Waals surface area contributed by atoms with Crippen molar-refractivity contribution in [1.82, 2.24) is 0 Å². The average Bonchev–Trinajstić information content (AvgIpc) is 2.41. The lowest BCUT2D eigenvalue weighted by atomic mass is 10.0. The summed E-state index contributed by atoms with van der Waals surface area (Å²) in [7, 11) is 0. The van der Waals surface area contributed by atoms with Crippen LogP contribution in [-0.2, 0) is 12.6 Å². The molecule has 1 N–H and O–H groups in total. The van der Waals surface area contributed by atoms with Crippen molar-refractivity contribution in [2.75, 3.05) is 0 Å². The van der Waals surface area contributed by atoms with E-state index in [4.69, 9.17) is 0 Å². The zero-order valence-electron chi connectivity index (χ0n) is 10.7. The Balaban J connectivity index is 2.15. The Morgan fingerprint density at radius 3 is 2.19 bits per heavy atom. The molecule has 1 atom stereocenters. The monoisotopic (exact) mass is 362 g/mol. The minimum absolute atomic E-state index is 0.173. The van der Waals surface area contributed by atoms with E-state index in [-0.39, 0.29) is 6.42 Å². The molecule has 1 nitrogen and oxygen atoms in total. The first kappa shape index (κ1) is 16.0. The molecule has 0 bridgehead atoms.